The maximum absolute atomic E-state index is 5.61. The van der Waals surface area contributed by atoms with Gasteiger partial charge in [-0.1, -0.05) is 13.0 Å². The largest absolute Gasteiger partial charge is 0.494 e. The van der Waals surface area contributed by atoms with E-state index < -0.39 is 0 Å². The summed E-state index contributed by atoms with van der Waals surface area (Å²) >= 11 is 1.83. The molecule has 18 heavy (non-hydrogen) atoms. The third kappa shape index (κ3) is 3.77. The molecule has 0 amide bonds. The molecule has 0 radical (unpaired) electrons. The van der Waals surface area contributed by atoms with Crippen molar-refractivity contribution < 1.29 is 4.74 Å². The zero-order valence-corrected chi connectivity index (χ0v) is 11.7. The molecule has 0 aliphatic carbocycles. The number of aryl methyl sites for hydroxylation is 1. The Morgan fingerprint density at radius 3 is 2.83 bits per heavy atom. The lowest BCUT2D eigenvalue weighted by Gasteiger charge is -2.08. The molecule has 3 heteroatoms. The first-order valence-corrected chi connectivity index (χ1v) is 7.11. The summed E-state index contributed by atoms with van der Waals surface area (Å²) in [4.78, 5) is 2.71. The summed E-state index contributed by atoms with van der Waals surface area (Å²) in [5.41, 5.74) is 1.11. The molecule has 0 atom stereocenters. The van der Waals surface area contributed by atoms with E-state index in [0.717, 1.165) is 31.0 Å². The highest BCUT2D eigenvalue weighted by molar-refractivity contribution is 7.11. The second-order valence-corrected chi connectivity index (χ2v) is 5.61. The van der Waals surface area contributed by atoms with Crippen LogP contribution in [0.3, 0.4) is 0 Å². The SMILES string of the molecule is CCCOc1cccc(NCc2ccc(C)s2)c1. The van der Waals surface area contributed by atoms with Crippen LogP contribution in [0.2, 0.25) is 0 Å². The highest BCUT2D eigenvalue weighted by atomic mass is 32.1. The predicted molar refractivity (Wildman–Crippen MR) is 78.6 cm³/mol. The van der Waals surface area contributed by atoms with Crippen LogP contribution in [0.1, 0.15) is 23.1 Å². The van der Waals surface area contributed by atoms with E-state index in [2.05, 4.69) is 43.4 Å². The van der Waals surface area contributed by atoms with Gasteiger partial charge in [0, 0.05) is 28.1 Å². The molecule has 1 aromatic heterocycles. The summed E-state index contributed by atoms with van der Waals surface area (Å²) in [5, 5.41) is 3.42. The minimum atomic E-state index is 0.771. The zero-order valence-electron chi connectivity index (χ0n) is 10.9. The molecule has 0 unspecified atom stereocenters. The Kier molecular flexibility index (Phi) is 4.65. The lowest BCUT2D eigenvalue weighted by atomic mass is 10.3. The van der Waals surface area contributed by atoms with Crippen molar-refractivity contribution in [2.45, 2.75) is 26.8 Å². The smallest absolute Gasteiger partial charge is 0.121 e. The molecule has 0 aliphatic rings. The van der Waals surface area contributed by atoms with Gasteiger partial charge in [-0.15, -0.1) is 11.3 Å². The molecule has 2 rings (SSSR count). The number of rotatable bonds is 6. The van der Waals surface area contributed by atoms with Crippen LogP contribution in [0, 0.1) is 6.92 Å². The summed E-state index contributed by atoms with van der Waals surface area (Å²) in [6.45, 7) is 5.89. The molecule has 0 saturated carbocycles. The monoisotopic (exact) mass is 261 g/mol. The molecule has 2 nitrogen and oxygen atoms in total. The molecular formula is C15H19NOS. The average molecular weight is 261 g/mol. The molecule has 0 fully saturated rings. The fourth-order valence-electron chi connectivity index (χ4n) is 1.69. The van der Waals surface area contributed by atoms with Crippen LogP contribution in [0.25, 0.3) is 0 Å². The van der Waals surface area contributed by atoms with Crippen molar-refractivity contribution in [3.63, 3.8) is 0 Å². The van der Waals surface area contributed by atoms with Gasteiger partial charge in [0.2, 0.25) is 0 Å². The third-order valence-electron chi connectivity index (χ3n) is 2.57. The highest BCUT2D eigenvalue weighted by Gasteiger charge is 1.99. The summed E-state index contributed by atoms with van der Waals surface area (Å²) in [7, 11) is 0. The average Bonchev–Trinajstić information content (AvgIpc) is 2.80. The number of hydrogen-bond acceptors (Lipinski definition) is 3. The summed E-state index contributed by atoms with van der Waals surface area (Å²) < 4.78 is 5.61. The molecule has 0 aliphatic heterocycles. The van der Waals surface area contributed by atoms with Crippen LogP contribution in [-0.4, -0.2) is 6.61 Å². The topological polar surface area (TPSA) is 21.3 Å². The van der Waals surface area contributed by atoms with E-state index in [9.17, 15) is 0 Å². The van der Waals surface area contributed by atoms with Crippen LogP contribution in [0.5, 0.6) is 5.75 Å². The van der Waals surface area contributed by atoms with E-state index in [1.165, 1.54) is 9.75 Å². The van der Waals surface area contributed by atoms with E-state index in [0.29, 0.717) is 0 Å². The van der Waals surface area contributed by atoms with Gasteiger partial charge in [-0.25, -0.2) is 0 Å². The molecule has 1 N–H and O–H groups in total. The predicted octanol–water partition coefficient (Wildman–Crippen LogP) is 4.46. The first-order valence-electron chi connectivity index (χ1n) is 6.30. The Bertz CT molecular complexity index is 493. The van der Waals surface area contributed by atoms with Gasteiger partial charge in [0.25, 0.3) is 0 Å². The van der Waals surface area contributed by atoms with Gasteiger partial charge in [0.15, 0.2) is 0 Å². The summed E-state index contributed by atoms with van der Waals surface area (Å²) in [6.07, 6.45) is 1.03. The Hall–Kier alpha value is -1.48. The van der Waals surface area contributed by atoms with Crippen LogP contribution in [-0.2, 0) is 6.54 Å². The number of hydrogen-bond donors (Lipinski definition) is 1. The quantitative estimate of drug-likeness (QED) is 0.829. The second kappa shape index (κ2) is 6.45. The van der Waals surface area contributed by atoms with Crippen molar-refractivity contribution in [1.82, 2.24) is 0 Å². The van der Waals surface area contributed by atoms with E-state index in [-0.39, 0.29) is 0 Å². The molecule has 1 heterocycles. The standard InChI is InChI=1S/C15H19NOS/c1-3-9-17-14-6-4-5-13(10-14)16-11-15-8-7-12(2)18-15/h4-8,10,16H,3,9,11H2,1-2H3. The van der Waals surface area contributed by atoms with E-state index >= 15 is 0 Å². The van der Waals surface area contributed by atoms with Crippen molar-refractivity contribution >= 4 is 17.0 Å². The van der Waals surface area contributed by atoms with Crippen molar-refractivity contribution in [3.05, 3.63) is 46.2 Å². The minimum absolute atomic E-state index is 0.771. The molecule has 96 valence electrons. The fraction of sp³-hybridized carbons (Fsp3) is 0.333. The lowest BCUT2D eigenvalue weighted by Crippen LogP contribution is -1.99. The van der Waals surface area contributed by atoms with E-state index in [1.54, 1.807) is 0 Å². The van der Waals surface area contributed by atoms with Crippen LogP contribution < -0.4 is 10.1 Å². The van der Waals surface area contributed by atoms with Gasteiger partial charge >= 0.3 is 0 Å². The fourth-order valence-corrected chi connectivity index (χ4v) is 2.52. The number of benzene rings is 1. The number of thiophene rings is 1. The minimum Gasteiger partial charge on any atom is -0.494 e. The Balaban J connectivity index is 1.92. The van der Waals surface area contributed by atoms with Gasteiger partial charge in [0.05, 0.1) is 6.61 Å². The molecule has 1 aromatic carbocycles. The number of nitrogens with one attached hydrogen (secondary N) is 1. The second-order valence-electron chi connectivity index (χ2n) is 4.24. The van der Waals surface area contributed by atoms with Gasteiger partial charge in [0.1, 0.15) is 5.75 Å². The molecule has 0 saturated heterocycles. The maximum Gasteiger partial charge on any atom is 0.121 e. The Morgan fingerprint density at radius 1 is 1.22 bits per heavy atom. The van der Waals surface area contributed by atoms with Gasteiger partial charge < -0.3 is 10.1 Å². The van der Waals surface area contributed by atoms with Crippen LogP contribution in [0.15, 0.2) is 36.4 Å². The van der Waals surface area contributed by atoms with Gasteiger partial charge in [-0.2, -0.15) is 0 Å². The first-order chi connectivity index (χ1) is 8.78. The summed E-state index contributed by atoms with van der Waals surface area (Å²) in [6, 6.07) is 12.5. The number of anilines is 1. The normalized spacial score (nSPS) is 10.3. The molecular weight excluding hydrogens is 242 g/mol. The van der Waals surface area contributed by atoms with E-state index in [4.69, 9.17) is 4.74 Å². The van der Waals surface area contributed by atoms with Crippen molar-refractivity contribution in [1.29, 1.82) is 0 Å². The first kappa shape index (κ1) is 13.0. The maximum atomic E-state index is 5.61. The highest BCUT2D eigenvalue weighted by Crippen LogP contribution is 2.20. The third-order valence-corrected chi connectivity index (χ3v) is 3.57. The molecule has 2 aromatic rings. The molecule has 0 spiro atoms. The van der Waals surface area contributed by atoms with Crippen LogP contribution >= 0.6 is 11.3 Å². The van der Waals surface area contributed by atoms with Crippen molar-refractivity contribution in [2.75, 3.05) is 11.9 Å². The van der Waals surface area contributed by atoms with E-state index in [1.807, 2.05) is 23.5 Å². The van der Waals surface area contributed by atoms with Gasteiger partial charge in [-0.3, -0.25) is 0 Å². The lowest BCUT2D eigenvalue weighted by molar-refractivity contribution is 0.317. The van der Waals surface area contributed by atoms with Crippen molar-refractivity contribution in [3.8, 4) is 5.75 Å². The Labute approximate surface area is 113 Å². The summed E-state index contributed by atoms with van der Waals surface area (Å²) in [5.74, 6) is 0.934. The molecule has 0 bridgehead atoms. The Morgan fingerprint density at radius 2 is 2.11 bits per heavy atom. The van der Waals surface area contributed by atoms with Crippen molar-refractivity contribution in [2.24, 2.45) is 0 Å². The van der Waals surface area contributed by atoms with Gasteiger partial charge in [-0.05, 0) is 37.6 Å². The zero-order chi connectivity index (χ0) is 12.8. The number of ether oxygens (including phenoxy) is 1. The van der Waals surface area contributed by atoms with Crippen LogP contribution in [0.4, 0.5) is 5.69 Å².